The molecule has 0 radical (unpaired) electrons. The third kappa shape index (κ3) is 3.95. The van der Waals surface area contributed by atoms with Crippen molar-refractivity contribution in [3.63, 3.8) is 0 Å². The Hall–Kier alpha value is -1.90. The summed E-state index contributed by atoms with van der Waals surface area (Å²) in [5.74, 6) is 0. The van der Waals surface area contributed by atoms with Crippen LogP contribution in [0.1, 0.15) is 18.4 Å². The number of hydrogen-bond donors (Lipinski definition) is 2. The first-order chi connectivity index (χ1) is 11.3. The van der Waals surface area contributed by atoms with Gasteiger partial charge in [-0.2, -0.15) is 0 Å². The minimum absolute atomic E-state index is 0.0408. The van der Waals surface area contributed by atoms with Crippen molar-refractivity contribution in [3.05, 3.63) is 54.1 Å². The summed E-state index contributed by atoms with van der Waals surface area (Å²) in [6.45, 7) is 1.90. The SMILES string of the molecule is Cc1ccc(NS(=O)(=O)c2cccc(S(=O)(=O)NC3CC3)c2)cc1. The molecule has 1 aliphatic carbocycles. The number of hydrogen-bond acceptors (Lipinski definition) is 4. The highest BCUT2D eigenvalue weighted by molar-refractivity contribution is 7.93. The topological polar surface area (TPSA) is 92.3 Å². The Balaban J connectivity index is 1.88. The van der Waals surface area contributed by atoms with Gasteiger partial charge in [0.2, 0.25) is 10.0 Å². The summed E-state index contributed by atoms with van der Waals surface area (Å²) < 4.78 is 54.4. The Kier molecular flexibility index (Phi) is 4.37. The molecule has 0 aromatic heterocycles. The van der Waals surface area contributed by atoms with Crippen LogP contribution in [0.15, 0.2) is 58.3 Å². The van der Waals surface area contributed by atoms with Crippen LogP contribution in [0, 0.1) is 6.92 Å². The van der Waals surface area contributed by atoms with E-state index in [0.29, 0.717) is 5.69 Å². The first-order valence-corrected chi connectivity index (χ1v) is 10.4. The number of benzene rings is 2. The fourth-order valence-corrected chi connectivity index (χ4v) is 4.66. The predicted molar refractivity (Wildman–Crippen MR) is 91.8 cm³/mol. The van der Waals surface area contributed by atoms with Crippen molar-refractivity contribution in [1.29, 1.82) is 0 Å². The molecule has 0 aliphatic heterocycles. The van der Waals surface area contributed by atoms with Gasteiger partial charge in [0.25, 0.3) is 10.0 Å². The van der Waals surface area contributed by atoms with Gasteiger partial charge >= 0.3 is 0 Å². The maximum Gasteiger partial charge on any atom is 0.261 e. The number of aryl methyl sites for hydroxylation is 1. The van der Waals surface area contributed by atoms with Crippen molar-refractivity contribution in [2.75, 3.05) is 4.72 Å². The van der Waals surface area contributed by atoms with Crippen LogP contribution < -0.4 is 9.44 Å². The van der Waals surface area contributed by atoms with Gasteiger partial charge in [-0.05, 0) is 50.1 Å². The number of anilines is 1. The zero-order valence-electron chi connectivity index (χ0n) is 13.1. The molecule has 0 amide bonds. The molecule has 3 rings (SSSR count). The van der Waals surface area contributed by atoms with Crippen molar-refractivity contribution < 1.29 is 16.8 Å². The monoisotopic (exact) mass is 366 g/mol. The molecule has 0 spiro atoms. The minimum atomic E-state index is -3.86. The lowest BCUT2D eigenvalue weighted by molar-refractivity contribution is 0.580. The molecule has 1 fully saturated rings. The molecule has 6 nitrogen and oxygen atoms in total. The molecule has 24 heavy (non-hydrogen) atoms. The van der Waals surface area contributed by atoms with Gasteiger partial charge in [0, 0.05) is 11.7 Å². The van der Waals surface area contributed by atoms with E-state index < -0.39 is 20.0 Å². The van der Waals surface area contributed by atoms with E-state index in [9.17, 15) is 16.8 Å². The quantitative estimate of drug-likeness (QED) is 0.820. The van der Waals surface area contributed by atoms with Gasteiger partial charge in [-0.15, -0.1) is 0 Å². The van der Waals surface area contributed by atoms with Gasteiger partial charge < -0.3 is 0 Å². The summed E-state index contributed by atoms with van der Waals surface area (Å²) in [4.78, 5) is -0.150. The van der Waals surface area contributed by atoms with E-state index in [1.807, 2.05) is 6.92 Å². The third-order valence-corrected chi connectivity index (χ3v) is 6.53. The van der Waals surface area contributed by atoms with E-state index in [-0.39, 0.29) is 15.8 Å². The molecule has 2 aromatic rings. The molecule has 1 aliphatic rings. The van der Waals surface area contributed by atoms with Crippen molar-refractivity contribution in [3.8, 4) is 0 Å². The third-order valence-electron chi connectivity index (χ3n) is 3.63. The second kappa shape index (κ2) is 6.19. The van der Waals surface area contributed by atoms with E-state index in [1.54, 1.807) is 24.3 Å². The van der Waals surface area contributed by atoms with E-state index in [2.05, 4.69) is 9.44 Å². The van der Waals surface area contributed by atoms with Crippen LogP contribution in [-0.4, -0.2) is 22.9 Å². The van der Waals surface area contributed by atoms with E-state index in [1.165, 1.54) is 24.3 Å². The van der Waals surface area contributed by atoms with Gasteiger partial charge in [0.15, 0.2) is 0 Å². The molecular formula is C16H18N2O4S2. The molecule has 128 valence electrons. The van der Waals surface area contributed by atoms with Gasteiger partial charge in [-0.1, -0.05) is 23.8 Å². The molecule has 0 heterocycles. The lowest BCUT2D eigenvalue weighted by atomic mass is 10.2. The fourth-order valence-electron chi connectivity index (χ4n) is 2.13. The average Bonchev–Trinajstić information content (AvgIpc) is 3.33. The lowest BCUT2D eigenvalue weighted by Gasteiger charge is -2.10. The van der Waals surface area contributed by atoms with Crippen LogP contribution in [0.25, 0.3) is 0 Å². The number of rotatable bonds is 6. The molecule has 1 saturated carbocycles. The maximum absolute atomic E-state index is 12.5. The fraction of sp³-hybridized carbons (Fsp3) is 0.250. The predicted octanol–water partition coefficient (Wildman–Crippen LogP) is 2.24. The Labute approximate surface area is 142 Å². The Morgan fingerprint density at radius 3 is 2.04 bits per heavy atom. The first-order valence-electron chi connectivity index (χ1n) is 7.48. The van der Waals surface area contributed by atoms with Gasteiger partial charge in [0.05, 0.1) is 9.79 Å². The number of sulfonamides is 2. The van der Waals surface area contributed by atoms with Crippen LogP contribution >= 0.6 is 0 Å². The van der Waals surface area contributed by atoms with Crippen LogP contribution in [-0.2, 0) is 20.0 Å². The van der Waals surface area contributed by atoms with Crippen LogP contribution in [0.2, 0.25) is 0 Å². The van der Waals surface area contributed by atoms with Crippen LogP contribution in [0.5, 0.6) is 0 Å². The second-order valence-electron chi connectivity index (χ2n) is 5.84. The minimum Gasteiger partial charge on any atom is -0.280 e. The smallest absolute Gasteiger partial charge is 0.261 e. The highest BCUT2D eigenvalue weighted by atomic mass is 32.2. The standard InChI is InChI=1S/C16H18N2O4S2/c1-12-5-7-13(8-6-12)17-23(19,20)15-3-2-4-16(11-15)24(21,22)18-14-9-10-14/h2-8,11,14,17-18H,9-10H2,1H3. The lowest BCUT2D eigenvalue weighted by Crippen LogP contribution is -2.26. The summed E-state index contributed by atoms with van der Waals surface area (Å²) in [5.41, 5.74) is 1.43. The van der Waals surface area contributed by atoms with Crippen LogP contribution in [0.3, 0.4) is 0 Å². The van der Waals surface area contributed by atoms with Crippen molar-refractivity contribution >= 4 is 25.7 Å². The van der Waals surface area contributed by atoms with Crippen LogP contribution in [0.4, 0.5) is 5.69 Å². The largest absolute Gasteiger partial charge is 0.280 e. The summed E-state index contributed by atoms with van der Waals surface area (Å²) in [5, 5.41) is 0. The first kappa shape index (κ1) is 16.9. The Bertz CT molecular complexity index is 948. The van der Waals surface area contributed by atoms with Gasteiger partial charge in [-0.3, -0.25) is 4.72 Å². The maximum atomic E-state index is 12.5. The molecule has 8 heteroatoms. The van der Waals surface area contributed by atoms with Gasteiger partial charge in [-0.25, -0.2) is 21.6 Å². The molecule has 0 saturated heterocycles. The normalized spacial score (nSPS) is 15.2. The summed E-state index contributed by atoms with van der Waals surface area (Å²) >= 11 is 0. The summed E-state index contributed by atoms with van der Waals surface area (Å²) in [6.07, 6.45) is 1.62. The molecule has 2 aromatic carbocycles. The van der Waals surface area contributed by atoms with Crippen molar-refractivity contribution in [2.24, 2.45) is 0 Å². The average molecular weight is 366 g/mol. The number of nitrogens with one attached hydrogen (secondary N) is 2. The van der Waals surface area contributed by atoms with E-state index in [0.717, 1.165) is 18.4 Å². The zero-order valence-corrected chi connectivity index (χ0v) is 14.7. The van der Waals surface area contributed by atoms with E-state index in [4.69, 9.17) is 0 Å². The Morgan fingerprint density at radius 2 is 1.46 bits per heavy atom. The second-order valence-corrected chi connectivity index (χ2v) is 9.24. The zero-order chi connectivity index (χ0) is 17.4. The van der Waals surface area contributed by atoms with E-state index >= 15 is 0 Å². The highest BCUT2D eigenvalue weighted by Gasteiger charge is 2.28. The molecule has 0 bridgehead atoms. The van der Waals surface area contributed by atoms with Crippen molar-refractivity contribution in [1.82, 2.24) is 4.72 Å². The highest BCUT2D eigenvalue weighted by Crippen LogP contribution is 2.24. The summed E-state index contributed by atoms with van der Waals surface area (Å²) in [6, 6.07) is 12.2. The van der Waals surface area contributed by atoms with Crippen molar-refractivity contribution in [2.45, 2.75) is 35.6 Å². The van der Waals surface area contributed by atoms with Gasteiger partial charge in [0.1, 0.15) is 0 Å². The molecule has 2 N–H and O–H groups in total. The molecular weight excluding hydrogens is 348 g/mol. The molecule has 0 atom stereocenters. The molecule has 0 unspecified atom stereocenters. The summed E-state index contributed by atoms with van der Waals surface area (Å²) in [7, 11) is -7.56. The Morgan fingerprint density at radius 1 is 0.875 bits per heavy atom.